The van der Waals surface area contributed by atoms with E-state index in [-0.39, 0.29) is 27.4 Å². The molecular weight excluding hydrogens is 250 g/mol. The highest BCUT2D eigenvalue weighted by Gasteiger charge is 2.36. The van der Waals surface area contributed by atoms with Crippen molar-refractivity contribution < 1.29 is 36.5 Å². The molecule has 14 heavy (non-hydrogen) atoms. The number of rotatable bonds is 5. The summed E-state index contributed by atoms with van der Waals surface area (Å²) in [6, 6.07) is 0. The summed E-state index contributed by atoms with van der Waals surface area (Å²) in [6.45, 7) is 7.21. The predicted octanol–water partition coefficient (Wildman–Crippen LogP) is -3.25. The van der Waals surface area contributed by atoms with E-state index < -0.39 is 12.7 Å². The van der Waals surface area contributed by atoms with Gasteiger partial charge in [-0.05, 0) is 20.8 Å². The first kappa shape index (κ1) is 16.5. The molecule has 0 saturated heterocycles. The Bertz CT molecular complexity index is 163. The van der Waals surface area contributed by atoms with Gasteiger partial charge in [-0.15, -0.1) is 0 Å². The molecule has 0 radical (unpaired) electrons. The zero-order valence-corrected chi connectivity index (χ0v) is 10.6. The molecule has 1 unspecified atom stereocenters. The number of nitrogens with zero attached hydrogens (tertiary/aromatic N) is 1. The second kappa shape index (κ2) is 7.34. The van der Waals surface area contributed by atoms with Gasteiger partial charge in [0.2, 0.25) is 0 Å². The van der Waals surface area contributed by atoms with Crippen LogP contribution in [-0.2, 0) is 4.79 Å². The monoisotopic (exact) mass is 269 g/mol. The van der Waals surface area contributed by atoms with Gasteiger partial charge in [-0.3, -0.25) is 4.48 Å². The fourth-order valence-corrected chi connectivity index (χ4v) is 1.53. The first-order valence-corrected chi connectivity index (χ1v) is 4.77. The van der Waals surface area contributed by atoms with Gasteiger partial charge in [0.1, 0.15) is 0 Å². The van der Waals surface area contributed by atoms with E-state index >= 15 is 0 Å². The molecule has 86 valence electrons. The third kappa shape index (κ3) is 3.31. The maximum absolute atomic E-state index is 11.7. The SMILES string of the molecule is CC[N+](CC)(CC)C(=O)C(O)CO.[Br-]. The van der Waals surface area contributed by atoms with Crippen LogP contribution in [0, 0.1) is 0 Å². The Morgan fingerprint density at radius 1 is 1.21 bits per heavy atom. The van der Waals surface area contributed by atoms with Gasteiger partial charge in [0.25, 0.3) is 0 Å². The normalized spacial score (nSPS) is 13.2. The van der Waals surface area contributed by atoms with E-state index in [1.54, 1.807) is 0 Å². The number of likely N-dealkylation sites (N-methyl/N-ethyl adjacent to an activating group) is 1. The number of hydrogen-bond donors (Lipinski definition) is 2. The number of aliphatic hydroxyl groups excluding tert-OH is 2. The summed E-state index contributed by atoms with van der Waals surface area (Å²) < 4.78 is 0.238. The fourth-order valence-electron chi connectivity index (χ4n) is 1.53. The Balaban J connectivity index is 0. The lowest BCUT2D eigenvalue weighted by Crippen LogP contribution is -3.00. The number of hydrogen-bond acceptors (Lipinski definition) is 3. The lowest BCUT2D eigenvalue weighted by Gasteiger charge is -2.33. The Morgan fingerprint density at radius 2 is 1.57 bits per heavy atom. The average molecular weight is 270 g/mol. The van der Waals surface area contributed by atoms with Crippen LogP contribution >= 0.6 is 0 Å². The van der Waals surface area contributed by atoms with E-state index in [1.165, 1.54) is 0 Å². The summed E-state index contributed by atoms with van der Waals surface area (Å²) >= 11 is 0. The van der Waals surface area contributed by atoms with Crippen LogP contribution in [0.2, 0.25) is 0 Å². The summed E-state index contributed by atoms with van der Waals surface area (Å²) in [4.78, 5) is 11.7. The number of aliphatic hydroxyl groups is 2. The number of carbonyl (C=O) groups excluding carboxylic acids is 1. The summed E-state index contributed by atoms with van der Waals surface area (Å²) in [5.74, 6) is -0.282. The van der Waals surface area contributed by atoms with Crippen LogP contribution < -0.4 is 17.0 Å². The quantitative estimate of drug-likeness (QED) is 0.516. The van der Waals surface area contributed by atoms with Crippen molar-refractivity contribution in [1.82, 2.24) is 0 Å². The predicted molar refractivity (Wildman–Crippen MR) is 50.0 cm³/mol. The Hall–Kier alpha value is 0.0300. The zero-order valence-electron chi connectivity index (χ0n) is 9.03. The van der Waals surface area contributed by atoms with Crippen molar-refractivity contribution in [2.75, 3.05) is 26.2 Å². The third-order valence-corrected chi connectivity index (χ3v) is 2.74. The van der Waals surface area contributed by atoms with E-state index in [0.29, 0.717) is 19.6 Å². The van der Waals surface area contributed by atoms with Gasteiger partial charge in [-0.2, -0.15) is 0 Å². The molecule has 2 N–H and O–H groups in total. The minimum absolute atomic E-state index is 0. The highest BCUT2D eigenvalue weighted by atomic mass is 79.9. The van der Waals surface area contributed by atoms with Crippen molar-refractivity contribution in [3.05, 3.63) is 0 Å². The van der Waals surface area contributed by atoms with Gasteiger partial charge in [-0.25, -0.2) is 4.79 Å². The van der Waals surface area contributed by atoms with Crippen molar-refractivity contribution >= 4 is 5.91 Å². The molecule has 0 aliphatic rings. The fraction of sp³-hybridized carbons (Fsp3) is 0.889. The van der Waals surface area contributed by atoms with Crippen LogP contribution in [0.4, 0.5) is 0 Å². The summed E-state index contributed by atoms with van der Waals surface area (Å²) in [5, 5.41) is 17.9. The van der Waals surface area contributed by atoms with Crippen molar-refractivity contribution in [3.63, 3.8) is 0 Å². The lowest BCUT2D eigenvalue weighted by atomic mass is 10.2. The van der Waals surface area contributed by atoms with Gasteiger partial charge >= 0.3 is 5.91 Å². The summed E-state index contributed by atoms with van der Waals surface area (Å²) in [6.07, 6.45) is -1.24. The van der Waals surface area contributed by atoms with Crippen LogP contribution in [-0.4, -0.2) is 52.9 Å². The molecule has 0 aliphatic carbocycles. The van der Waals surface area contributed by atoms with Gasteiger partial charge in [0, 0.05) is 0 Å². The second-order valence-electron chi connectivity index (χ2n) is 3.13. The molecule has 0 rings (SSSR count). The second-order valence-corrected chi connectivity index (χ2v) is 3.13. The maximum Gasteiger partial charge on any atom is 0.344 e. The van der Waals surface area contributed by atoms with Gasteiger partial charge in [0.15, 0.2) is 6.10 Å². The first-order chi connectivity index (χ1) is 6.07. The smallest absolute Gasteiger partial charge is 0.344 e. The molecule has 0 aromatic rings. The standard InChI is InChI=1S/C9H20NO3.BrH/c1-4-10(5-2,6-3)9(13)8(12)7-11;/h8,11-12H,4-7H2,1-3H3;1H/q+1;/p-1. The topological polar surface area (TPSA) is 57.5 Å². The number of carbonyl (C=O) groups is 1. The summed E-state index contributed by atoms with van der Waals surface area (Å²) in [5.41, 5.74) is 0. The van der Waals surface area contributed by atoms with Gasteiger partial charge in [-0.1, -0.05) is 0 Å². The van der Waals surface area contributed by atoms with E-state index in [2.05, 4.69) is 0 Å². The van der Waals surface area contributed by atoms with Gasteiger partial charge in [0.05, 0.1) is 26.2 Å². The first-order valence-electron chi connectivity index (χ1n) is 4.77. The third-order valence-electron chi connectivity index (χ3n) is 2.74. The Kier molecular flexibility index (Phi) is 8.63. The van der Waals surface area contributed by atoms with E-state index in [4.69, 9.17) is 5.11 Å². The van der Waals surface area contributed by atoms with Crippen LogP contribution in [0.25, 0.3) is 0 Å². The highest BCUT2D eigenvalue weighted by molar-refractivity contribution is 5.74. The van der Waals surface area contributed by atoms with Crippen molar-refractivity contribution in [3.8, 4) is 0 Å². The van der Waals surface area contributed by atoms with Crippen molar-refractivity contribution in [2.45, 2.75) is 26.9 Å². The van der Waals surface area contributed by atoms with Gasteiger partial charge < -0.3 is 27.2 Å². The molecule has 0 aliphatic heterocycles. The average Bonchev–Trinajstić information content (AvgIpc) is 2.20. The van der Waals surface area contributed by atoms with Crippen LogP contribution in [0.15, 0.2) is 0 Å². The molecule has 4 nitrogen and oxygen atoms in total. The molecule has 0 spiro atoms. The van der Waals surface area contributed by atoms with Crippen molar-refractivity contribution in [1.29, 1.82) is 0 Å². The number of amides is 1. The Morgan fingerprint density at radius 3 is 1.79 bits per heavy atom. The molecule has 0 aromatic carbocycles. The molecule has 0 fully saturated rings. The zero-order chi connectivity index (χ0) is 10.5. The van der Waals surface area contributed by atoms with Crippen LogP contribution in [0.5, 0.6) is 0 Å². The Labute approximate surface area is 95.9 Å². The molecule has 5 heteroatoms. The van der Waals surface area contributed by atoms with Crippen molar-refractivity contribution in [2.24, 2.45) is 0 Å². The summed E-state index contributed by atoms with van der Waals surface area (Å²) in [7, 11) is 0. The van der Waals surface area contributed by atoms with Crippen LogP contribution in [0.3, 0.4) is 0 Å². The van der Waals surface area contributed by atoms with Crippen LogP contribution in [0.1, 0.15) is 20.8 Å². The lowest BCUT2D eigenvalue weighted by molar-refractivity contribution is -0.850. The van der Waals surface area contributed by atoms with E-state index in [9.17, 15) is 9.90 Å². The molecule has 1 atom stereocenters. The minimum Gasteiger partial charge on any atom is -1.00 e. The number of quaternary nitrogens is 1. The molecule has 0 aromatic heterocycles. The molecule has 0 bridgehead atoms. The number of halogens is 1. The maximum atomic E-state index is 11.7. The molecule has 1 amide bonds. The molecular formula is C9H20BrNO3. The highest BCUT2D eigenvalue weighted by Crippen LogP contribution is 2.09. The van der Waals surface area contributed by atoms with E-state index in [1.807, 2.05) is 20.8 Å². The molecule has 0 saturated carbocycles. The molecule has 0 heterocycles. The van der Waals surface area contributed by atoms with E-state index in [0.717, 1.165) is 0 Å². The minimum atomic E-state index is -1.24. The largest absolute Gasteiger partial charge is 1.00 e.